The van der Waals surface area contributed by atoms with Crippen LogP contribution in [0.15, 0.2) is 52.4 Å². The minimum absolute atomic E-state index is 0.215. The van der Waals surface area contributed by atoms with Gasteiger partial charge in [-0.3, -0.25) is 14.2 Å². The monoisotopic (exact) mass is 441 g/mol. The van der Waals surface area contributed by atoms with Crippen LogP contribution in [0, 0.1) is 0 Å². The molecule has 0 radical (unpaired) electrons. The number of hydrogen-bond acceptors (Lipinski definition) is 4. The van der Waals surface area contributed by atoms with Crippen LogP contribution in [0.25, 0.3) is 10.9 Å². The van der Waals surface area contributed by atoms with Gasteiger partial charge in [-0.15, -0.1) is 0 Å². The molecule has 0 saturated heterocycles. The summed E-state index contributed by atoms with van der Waals surface area (Å²) < 4.78 is 40.9. The van der Waals surface area contributed by atoms with E-state index in [-0.39, 0.29) is 16.3 Å². The third kappa shape index (κ3) is 4.56. The second-order valence-corrected chi connectivity index (χ2v) is 7.31. The quantitative estimate of drug-likeness (QED) is 0.455. The molecule has 3 aromatic rings. The highest BCUT2D eigenvalue weighted by Gasteiger charge is 2.34. The fraction of sp³-hybridized carbons (Fsp3) is 0.211. The van der Waals surface area contributed by atoms with Gasteiger partial charge in [-0.25, -0.2) is 4.98 Å². The molecule has 0 saturated carbocycles. The highest BCUT2D eigenvalue weighted by molar-refractivity contribution is 7.99. The number of carbonyl (C=O) groups is 1. The number of halogens is 4. The predicted octanol–water partition coefficient (Wildman–Crippen LogP) is 4.82. The molecule has 0 spiro atoms. The van der Waals surface area contributed by atoms with Crippen LogP contribution in [0.2, 0.25) is 5.02 Å². The second-order valence-electron chi connectivity index (χ2n) is 5.96. The summed E-state index contributed by atoms with van der Waals surface area (Å²) in [5.41, 5.74) is -1.29. The Balaban J connectivity index is 1.83. The van der Waals surface area contributed by atoms with E-state index in [2.05, 4.69) is 10.3 Å². The molecule has 1 N–H and O–H groups in total. The maximum Gasteiger partial charge on any atom is 0.418 e. The molecule has 1 amide bonds. The van der Waals surface area contributed by atoms with Crippen LogP contribution in [-0.4, -0.2) is 21.2 Å². The van der Waals surface area contributed by atoms with Crippen molar-refractivity contribution >= 4 is 45.9 Å². The Hall–Kier alpha value is -2.52. The number of nitrogens with one attached hydrogen (secondary N) is 1. The van der Waals surface area contributed by atoms with Crippen molar-refractivity contribution < 1.29 is 18.0 Å². The van der Waals surface area contributed by atoms with Crippen molar-refractivity contribution in [2.45, 2.75) is 24.8 Å². The van der Waals surface area contributed by atoms with Crippen molar-refractivity contribution in [2.24, 2.45) is 0 Å². The molecular weight excluding hydrogens is 427 g/mol. The number of alkyl halides is 3. The Kier molecular flexibility index (Phi) is 6.18. The van der Waals surface area contributed by atoms with Crippen LogP contribution in [0.4, 0.5) is 18.9 Å². The lowest BCUT2D eigenvalue weighted by Crippen LogP contribution is -2.24. The first kappa shape index (κ1) is 21.2. The highest BCUT2D eigenvalue weighted by atomic mass is 35.5. The topological polar surface area (TPSA) is 64.0 Å². The van der Waals surface area contributed by atoms with Gasteiger partial charge in [0.25, 0.3) is 5.56 Å². The summed E-state index contributed by atoms with van der Waals surface area (Å²) in [6.45, 7) is 2.10. The number of nitrogens with zero attached hydrogens (tertiary/aromatic N) is 2. The minimum atomic E-state index is -4.66. The molecule has 0 unspecified atom stereocenters. The summed E-state index contributed by atoms with van der Waals surface area (Å²) in [6, 6.07) is 10.1. The lowest BCUT2D eigenvalue weighted by atomic mass is 10.1. The molecule has 10 heteroatoms. The fourth-order valence-electron chi connectivity index (χ4n) is 2.73. The van der Waals surface area contributed by atoms with Crippen molar-refractivity contribution in [3.8, 4) is 0 Å². The molecular formula is C19H15ClF3N3O2S. The molecule has 1 heterocycles. The average molecular weight is 442 g/mol. The van der Waals surface area contributed by atoms with Gasteiger partial charge >= 0.3 is 6.18 Å². The maximum absolute atomic E-state index is 13.2. The van der Waals surface area contributed by atoms with Crippen molar-refractivity contribution in [3.05, 3.63) is 63.4 Å². The normalized spacial score (nSPS) is 11.6. The number of benzene rings is 2. The van der Waals surface area contributed by atoms with Gasteiger partial charge in [-0.1, -0.05) is 41.6 Å². The van der Waals surface area contributed by atoms with Crippen molar-refractivity contribution in [1.82, 2.24) is 9.55 Å². The Labute approximate surface area is 172 Å². The largest absolute Gasteiger partial charge is 0.418 e. The van der Waals surface area contributed by atoms with Gasteiger partial charge < -0.3 is 5.32 Å². The minimum Gasteiger partial charge on any atom is -0.324 e. The first-order valence-corrected chi connectivity index (χ1v) is 9.86. The third-order valence-corrected chi connectivity index (χ3v) is 5.35. The van der Waals surface area contributed by atoms with Gasteiger partial charge in [0.1, 0.15) is 0 Å². The number of rotatable bonds is 5. The van der Waals surface area contributed by atoms with Crippen LogP contribution in [0.1, 0.15) is 12.5 Å². The zero-order valence-electron chi connectivity index (χ0n) is 15.1. The molecule has 29 heavy (non-hydrogen) atoms. The number of amides is 1. The Morgan fingerprint density at radius 3 is 2.62 bits per heavy atom. The number of fused-ring (bicyclic) bond motifs is 1. The summed E-state index contributed by atoms with van der Waals surface area (Å²) in [4.78, 5) is 29.3. The highest BCUT2D eigenvalue weighted by Crippen LogP contribution is 2.38. The number of carbonyl (C=O) groups excluding carboxylic acids is 1. The van der Waals surface area contributed by atoms with Crippen LogP contribution in [-0.2, 0) is 17.5 Å². The molecule has 0 bridgehead atoms. The summed E-state index contributed by atoms with van der Waals surface area (Å²) in [6.07, 6.45) is -4.66. The summed E-state index contributed by atoms with van der Waals surface area (Å²) in [5, 5.41) is 2.76. The lowest BCUT2D eigenvalue weighted by molar-refractivity contribution is -0.137. The van der Waals surface area contributed by atoms with Crippen molar-refractivity contribution in [1.29, 1.82) is 0 Å². The molecule has 0 fully saturated rings. The van der Waals surface area contributed by atoms with E-state index in [0.717, 1.165) is 23.9 Å². The van der Waals surface area contributed by atoms with E-state index in [1.807, 2.05) is 0 Å². The van der Waals surface area contributed by atoms with Gasteiger partial charge in [0, 0.05) is 6.54 Å². The zero-order valence-corrected chi connectivity index (χ0v) is 16.7. The molecule has 0 aliphatic heterocycles. The SMILES string of the molecule is CCn1c(SCC(=O)Nc2c(Cl)cccc2C(F)(F)F)nc2ccccc2c1=O. The number of para-hydroxylation sites is 2. The first-order valence-electron chi connectivity index (χ1n) is 8.50. The Morgan fingerprint density at radius 1 is 1.21 bits per heavy atom. The van der Waals surface area contributed by atoms with Crippen molar-refractivity contribution in [3.63, 3.8) is 0 Å². The van der Waals surface area contributed by atoms with Gasteiger partial charge in [0.2, 0.25) is 5.91 Å². The third-order valence-electron chi connectivity index (χ3n) is 4.06. The van der Waals surface area contributed by atoms with Crippen LogP contribution in [0.5, 0.6) is 0 Å². The second kappa shape index (κ2) is 8.46. The van der Waals surface area contributed by atoms with E-state index >= 15 is 0 Å². The fourth-order valence-corrected chi connectivity index (χ4v) is 3.81. The number of thioether (sulfide) groups is 1. The zero-order chi connectivity index (χ0) is 21.2. The summed E-state index contributed by atoms with van der Waals surface area (Å²) in [5.74, 6) is -0.938. The van der Waals surface area contributed by atoms with Gasteiger partial charge in [-0.2, -0.15) is 13.2 Å². The predicted molar refractivity (Wildman–Crippen MR) is 107 cm³/mol. The van der Waals surface area contributed by atoms with E-state index in [1.54, 1.807) is 31.2 Å². The average Bonchev–Trinajstić information content (AvgIpc) is 2.67. The van der Waals surface area contributed by atoms with E-state index in [4.69, 9.17) is 11.6 Å². The standard InChI is InChI=1S/C19H15ClF3N3O2S/c1-2-26-17(28)11-6-3-4-9-14(11)24-18(26)29-10-15(27)25-16-12(19(21,22)23)7-5-8-13(16)20/h3-9H,2,10H2,1H3,(H,25,27). The Bertz CT molecular complexity index is 1130. The smallest absolute Gasteiger partial charge is 0.324 e. The molecule has 3 rings (SSSR count). The van der Waals surface area contributed by atoms with E-state index in [0.29, 0.717) is 22.6 Å². The Morgan fingerprint density at radius 2 is 1.93 bits per heavy atom. The molecule has 0 aliphatic carbocycles. The van der Waals surface area contributed by atoms with Gasteiger partial charge in [-0.05, 0) is 31.2 Å². The van der Waals surface area contributed by atoms with Crippen LogP contribution < -0.4 is 10.9 Å². The molecule has 1 aromatic heterocycles. The van der Waals surface area contributed by atoms with E-state index in [1.165, 1.54) is 10.6 Å². The number of aromatic nitrogens is 2. The molecule has 0 atom stereocenters. The maximum atomic E-state index is 13.2. The molecule has 2 aromatic carbocycles. The van der Waals surface area contributed by atoms with E-state index in [9.17, 15) is 22.8 Å². The van der Waals surface area contributed by atoms with Gasteiger partial charge in [0.15, 0.2) is 5.16 Å². The lowest BCUT2D eigenvalue weighted by Gasteiger charge is -2.15. The van der Waals surface area contributed by atoms with Crippen molar-refractivity contribution in [2.75, 3.05) is 11.1 Å². The number of anilines is 1. The van der Waals surface area contributed by atoms with Crippen LogP contribution >= 0.6 is 23.4 Å². The van der Waals surface area contributed by atoms with Gasteiger partial charge in [0.05, 0.1) is 32.9 Å². The summed E-state index contributed by atoms with van der Waals surface area (Å²) >= 11 is 6.81. The van der Waals surface area contributed by atoms with E-state index < -0.39 is 23.3 Å². The first-order chi connectivity index (χ1) is 13.7. The molecule has 5 nitrogen and oxygen atoms in total. The number of hydrogen-bond donors (Lipinski definition) is 1. The summed E-state index contributed by atoms with van der Waals surface area (Å²) in [7, 11) is 0. The molecule has 0 aliphatic rings. The molecule has 152 valence electrons. The van der Waals surface area contributed by atoms with Crippen LogP contribution in [0.3, 0.4) is 0 Å².